The second-order valence-electron chi connectivity index (χ2n) is 8.31. The van der Waals surface area contributed by atoms with Crippen molar-refractivity contribution in [2.45, 2.75) is 13.5 Å². The second-order valence-corrected chi connectivity index (χ2v) is 8.31. The number of aromatic nitrogens is 6. The van der Waals surface area contributed by atoms with Gasteiger partial charge in [0.15, 0.2) is 0 Å². The first-order chi connectivity index (χ1) is 16.6. The molecule has 0 saturated carbocycles. The van der Waals surface area contributed by atoms with E-state index in [0.29, 0.717) is 23.3 Å². The lowest BCUT2D eigenvalue weighted by Crippen LogP contribution is -2.25. The number of hydrogen-bond donors (Lipinski definition) is 0. The fraction of sp³-hybridized carbons (Fsp3) is 0.111. The summed E-state index contributed by atoms with van der Waals surface area (Å²) in [7, 11) is 1.97. The molecule has 3 heterocycles. The Morgan fingerprint density at radius 2 is 1.53 bits per heavy atom. The highest BCUT2D eigenvalue weighted by Gasteiger charge is 2.20. The first-order valence-corrected chi connectivity index (χ1v) is 11.1. The van der Waals surface area contributed by atoms with E-state index in [9.17, 15) is 4.79 Å². The molecular weight excluding hydrogens is 424 g/mol. The van der Waals surface area contributed by atoms with Gasteiger partial charge in [-0.2, -0.15) is 5.10 Å². The van der Waals surface area contributed by atoms with Crippen molar-refractivity contribution in [1.82, 2.24) is 28.9 Å². The van der Waals surface area contributed by atoms with Crippen LogP contribution < -0.4 is 5.56 Å². The van der Waals surface area contributed by atoms with Crippen LogP contribution in [0.3, 0.4) is 0 Å². The number of fused-ring (bicyclic) bond motifs is 2. The molecule has 0 fully saturated rings. The van der Waals surface area contributed by atoms with Crippen LogP contribution in [0.4, 0.5) is 0 Å². The fourth-order valence-corrected chi connectivity index (χ4v) is 4.46. The summed E-state index contributed by atoms with van der Waals surface area (Å²) in [5, 5.41) is 5.19. The number of nitrogens with zero attached hydrogens (tertiary/aromatic N) is 6. The maximum absolute atomic E-state index is 13.7. The van der Waals surface area contributed by atoms with E-state index in [-0.39, 0.29) is 5.56 Å². The second kappa shape index (κ2) is 7.81. The van der Waals surface area contributed by atoms with Gasteiger partial charge >= 0.3 is 0 Å². The van der Waals surface area contributed by atoms with Gasteiger partial charge in [0, 0.05) is 7.05 Å². The monoisotopic (exact) mass is 446 g/mol. The SMILES string of the molecule is Cc1c(-c2nc3ccccc3c(=O)n2Cc2nc3ccccc3n2C)cnn1-c1ccccc1. The molecule has 0 atom stereocenters. The van der Waals surface area contributed by atoms with E-state index in [2.05, 4.69) is 5.10 Å². The molecule has 0 unspecified atom stereocenters. The Balaban J connectivity index is 1.57. The van der Waals surface area contributed by atoms with Crippen molar-refractivity contribution >= 4 is 21.9 Å². The van der Waals surface area contributed by atoms with Crippen molar-refractivity contribution in [3.63, 3.8) is 0 Å². The molecule has 0 amide bonds. The van der Waals surface area contributed by atoms with E-state index in [0.717, 1.165) is 33.8 Å². The minimum atomic E-state index is -0.0977. The fourth-order valence-electron chi connectivity index (χ4n) is 4.46. The molecule has 34 heavy (non-hydrogen) atoms. The standard InChI is InChI=1S/C27H22N6O/c1-18-21(16-28-33(18)19-10-4-3-5-11-19)26-30-22-13-7-6-12-20(22)27(34)32(26)17-25-29-23-14-8-9-15-24(23)31(25)2/h3-16H,17H2,1-2H3. The maximum atomic E-state index is 13.7. The Kier molecular flexibility index (Phi) is 4.62. The molecule has 0 radical (unpaired) electrons. The Hall–Kier alpha value is -4.52. The molecule has 0 saturated heterocycles. The van der Waals surface area contributed by atoms with Crippen LogP contribution in [0, 0.1) is 6.92 Å². The first kappa shape index (κ1) is 20.1. The van der Waals surface area contributed by atoms with Crippen LogP contribution in [0.15, 0.2) is 89.9 Å². The molecule has 0 spiro atoms. The van der Waals surface area contributed by atoms with Crippen molar-refractivity contribution in [2.75, 3.05) is 0 Å². The molecule has 6 rings (SSSR count). The van der Waals surface area contributed by atoms with E-state index in [4.69, 9.17) is 9.97 Å². The van der Waals surface area contributed by atoms with Gasteiger partial charge in [-0.05, 0) is 43.3 Å². The highest BCUT2D eigenvalue weighted by atomic mass is 16.1. The van der Waals surface area contributed by atoms with E-state index in [1.807, 2.05) is 102 Å². The highest BCUT2D eigenvalue weighted by Crippen LogP contribution is 2.25. The third-order valence-corrected chi connectivity index (χ3v) is 6.29. The van der Waals surface area contributed by atoms with Gasteiger partial charge in [-0.3, -0.25) is 9.36 Å². The van der Waals surface area contributed by atoms with Gasteiger partial charge in [-0.25, -0.2) is 14.6 Å². The molecule has 0 aliphatic rings. The first-order valence-electron chi connectivity index (χ1n) is 11.1. The van der Waals surface area contributed by atoms with Crippen molar-refractivity contribution in [1.29, 1.82) is 0 Å². The zero-order chi connectivity index (χ0) is 23.2. The maximum Gasteiger partial charge on any atom is 0.262 e. The zero-order valence-corrected chi connectivity index (χ0v) is 18.9. The summed E-state index contributed by atoms with van der Waals surface area (Å²) in [6.07, 6.45) is 1.78. The molecule has 0 N–H and O–H groups in total. The summed E-state index contributed by atoms with van der Waals surface area (Å²) >= 11 is 0. The van der Waals surface area contributed by atoms with Gasteiger partial charge < -0.3 is 4.57 Å². The molecule has 7 heteroatoms. The van der Waals surface area contributed by atoms with Gasteiger partial charge in [0.2, 0.25) is 0 Å². The summed E-state index contributed by atoms with van der Waals surface area (Å²) in [5.74, 6) is 1.37. The van der Waals surface area contributed by atoms with Crippen molar-refractivity contribution < 1.29 is 0 Å². The Morgan fingerprint density at radius 1 is 0.824 bits per heavy atom. The van der Waals surface area contributed by atoms with Gasteiger partial charge in [0.1, 0.15) is 11.6 Å². The number of para-hydroxylation sites is 4. The van der Waals surface area contributed by atoms with Crippen LogP contribution >= 0.6 is 0 Å². The average molecular weight is 447 g/mol. The van der Waals surface area contributed by atoms with Crippen molar-refractivity contribution in [3.8, 4) is 17.1 Å². The molecule has 0 bridgehead atoms. The van der Waals surface area contributed by atoms with E-state index in [1.54, 1.807) is 10.8 Å². The molecule has 3 aromatic heterocycles. The predicted octanol–water partition coefficient (Wildman–Crippen LogP) is 4.49. The molecule has 7 nitrogen and oxygen atoms in total. The van der Waals surface area contributed by atoms with Gasteiger partial charge in [-0.1, -0.05) is 42.5 Å². The van der Waals surface area contributed by atoms with Crippen LogP contribution in [0.5, 0.6) is 0 Å². The Morgan fingerprint density at radius 3 is 2.32 bits per heavy atom. The highest BCUT2D eigenvalue weighted by molar-refractivity contribution is 5.80. The summed E-state index contributed by atoms with van der Waals surface area (Å²) in [6.45, 7) is 2.29. The lowest BCUT2D eigenvalue weighted by atomic mass is 10.2. The quantitative estimate of drug-likeness (QED) is 0.400. The van der Waals surface area contributed by atoms with E-state index >= 15 is 0 Å². The average Bonchev–Trinajstić information content (AvgIpc) is 3.41. The van der Waals surface area contributed by atoms with Gasteiger partial charge in [0.05, 0.1) is 51.6 Å². The van der Waals surface area contributed by atoms with E-state index < -0.39 is 0 Å². The van der Waals surface area contributed by atoms with Crippen molar-refractivity contribution in [3.05, 3.63) is 107 Å². The van der Waals surface area contributed by atoms with Crippen molar-refractivity contribution in [2.24, 2.45) is 7.05 Å². The van der Waals surface area contributed by atoms with E-state index in [1.165, 1.54) is 0 Å². The number of aryl methyl sites for hydroxylation is 1. The van der Waals surface area contributed by atoms with Gasteiger partial charge in [-0.15, -0.1) is 0 Å². The normalized spacial score (nSPS) is 11.5. The van der Waals surface area contributed by atoms with Crippen LogP contribution in [-0.4, -0.2) is 28.9 Å². The number of benzene rings is 3. The zero-order valence-electron chi connectivity index (χ0n) is 18.9. The summed E-state index contributed by atoms with van der Waals surface area (Å²) in [5.41, 5.74) is 5.16. The van der Waals surface area contributed by atoms with Crippen LogP contribution in [-0.2, 0) is 13.6 Å². The largest absolute Gasteiger partial charge is 0.330 e. The third-order valence-electron chi connectivity index (χ3n) is 6.29. The smallest absolute Gasteiger partial charge is 0.262 e. The molecule has 3 aromatic carbocycles. The molecular formula is C27H22N6O. The molecule has 0 aliphatic heterocycles. The number of imidazole rings is 1. The lowest BCUT2D eigenvalue weighted by Gasteiger charge is -2.14. The summed E-state index contributed by atoms with van der Waals surface area (Å²) in [6, 6.07) is 25.4. The lowest BCUT2D eigenvalue weighted by molar-refractivity contribution is 0.686. The van der Waals surface area contributed by atoms with Gasteiger partial charge in [0.25, 0.3) is 5.56 Å². The predicted molar refractivity (Wildman–Crippen MR) is 133 cm³/mol. The summed E-state index contributed by atoms with van der Waals surface area (Å²) < 4.78 is 5.61. The minimum Gasteiger partial charge on any atom is -0.330 e. The van der Waals surface area contributed by atoms with Crippen LogP contribution in [0.25, 0.3) is 39.0 Å². The minimum absolute atomic E-state index is 0.0977. The third kappa shape index (κ3) is 3.13. The molecule has 166 valence electrons. The summed E-state index contributed by atoms with van der Waals surface area (Å²) in [4.78, 5) is 23.4. The van der Waals surface area contributed by atoms with Crippen LogP contribution in [0.1, 0.15) is 11.5 Å². The molecule has 0 aliphatic carbocycles. The number of rotatable bonds is 4. The number of hydrogen-bond acceptors (Lipinski definition) is 4. The molecule has 6 aromatic rings. The topological polar surface area (TPSA) is 70.5 Å². The Bertz CT molecular complexity index is 1730. The Labute approximate surface area is 195 Å². The van der Waals surface area contributed by atoms with Crippen LogP contribution in [0.2, 0.25) is 0 Å².